The molecule has 32 heavy (non-hydrogen) atoms. The Balaban J connectivity index is 1.68. The van der Waals surface area contributed by atoms with E-state index < -0.39 is 10.0 Å². The normalized spacial score (nSPS) is 20.1. The highest BCUT2D eigenvalue weighted by molar-refractivity contribution is 8.15. The fourth-order valence-electron chi connectivity index (χ4n) is 3.73. The van der Waals surface area contributed by atoms with Crippen LogP contribution in [0.25, 0.3) is 0 Å². The molecule has 1 aromatic carbocycles. The van der Waals surface area contributed by atoms with Crippen molar-refractivity contribution < 1.29 is 23.0 Å². The van der Waals surface area contributed by atoms with Crippen molar-refractivity contribution in [2.75, 3.05) is 50.1 Å². The molecule has 1 aromatic heterocycles. The predicted molar refractivity (Wildman–Crippen MR) is 124 cm³/mol. The number of aryl methyl sites for hydroxylation is 1. The highest BCUT2D eigenvalue weighted by Gasteiger charge is 2.35. The molecular formula is C20H27N5O5S2. The monoisotopic (exact) mass is 481 g/mol. The van der Waals surface area contributed by atoms with Gasteiger partial charge < -0.3 is 24.5 Å². The maximum atomic E-state index is 13.3. The molecule has 2 N–H and O–H groups in total. The van der Waals surface area contributed by atoms with Crippen LogP contribution in [0.4, 0.5) is 11.4 Å². The molecule has 2 aliphatic heterocycles. The summed E-state index contributed by atoms with van der Waals surface area (Å²) >= 11 is 1.56. The maximum absolute atomic E-state index is 13.3. The molecule has 174 valence electrons. The molecule has 0 amide bonds. The number of thioether (sulfide) groups is 1. The zero-order valence-electron chi connectivity index (χ0n) is 18.2. The highest BCUT2D eigenvalue weighted by atomic mass is 32.2. The number of imidazole rings is 1. The Morgan fingerprint density at radius 1 is 1.38 bits per heavy atom. The third-order valence-corrected chi connectivity index (χ3v) is 8.48. The first-order valence-corrected chi connectivity index (χ1v) is 12.5. The molecule has 2 atom stereocenters. The van der Waals surface area contributed by atoms with Crippen LogP contribution in [0.3, 0.4) is 0 Å². The number of benzene rings is 1. The Labute approximate surface area is 191 Å². The molecule has 2 aromatic rings. The van der Waals surface area contributed by atoms with Crippen LogP contribution in [0, 0.1) is 0 Å². The van der Waals surface area contributed by atoms with Gasteiger partial charge in [0.2, 0.25) is 5.16 Å². The lowest BCUT2D eigenvalue weighted by Gasteiger charge is -2.23. The molecule has 0 spiro atoms. The SMILES string of the molecule is COCCOc1cc2c(c(N(C)S(=O)(=O)c3nccn3C)c1)NC(C1=NCC(CO)S1)C2. The fraction of sp³-hybridized carbons (Fsp3) is 0.500. The Bertz CT molecular complexity index is 1120. The number of ether oxygens (including phenoxy) is 2. The van der Waals surface area contributed by atoms with Gasteiger partial charge in [0.25, 0.3) is 10.0 Å². The van der Waals surface area contributed by atoms with Gasteiger partial charge in [0.05, 0.1) is 47.5 Å². The van der Waals surface area contributed by atoms with Crippen molar-refractivity contribution in [3.8, 4) is 5.75 Å². The van der Waals surface area contributed by atoms with E-state index in [0.717, 1.165) is 16.3 Å². The Hall–Kier alpha value is -2.28. The summed E-state index contributed by atoms with van der Waals surface area (Å²) in [6, 6.07) is 3.56. The van der Waals surface area contributed by atoms with E-state index in [1.807, 2.05) is 6.07 Å². The predicted octanol–water partition coefficient (Wildman–Crippen LogP) is 1.11. The van der Waals surface area contributed by atoms with Crippen molar-refractivity contribution in [3.63, 3.8) is 0 Å². The van der Waals surface area contributed by atoms with Crippen LogP contribution in [-0.4, -0.2) is 79.9 Å². The first-order chi connectivity index (χ1) is 15.3. The van der Waals surface area contributed by atoms with Crippen molar-refractivity contribution >= 4 is 38.2 Å². The summed E-state index contributed by atoms with van der Waals surface area (Å²) in [5.74, 6) is 0.564. The molecular weight excluding hydrogens is 454 g/mol. The van der Waals surface area contributed by atoms with E-state index in [4.69, 9.17) is 9.47 Å². The molecule has 3 heterocycles. The van der Waals surface area contributed by atoms with Gasteiger partial charge in [-0.15, -0.1) is 11.8 Å². The average molecular weight is 482 g/mol. The highest BCUT2D eigenvalue weighted by Crippen LogP contribution is 2.42. The number of aliphatic hydroxyl groups excluding tert-OH is 1. The van der Waals surface area contributed by atoms with Gasteiger partial charge in [0, 0.05) is 46.1 Å². The number of sulfonamides is 1. The van der Waals surface area contributed by atoms with E-state index in [1.54, 1.807) is 38.2 Å². The number of rotatable bonds is 9. The number of hydrogen-bond donors (Lipinski definition) is 2. The number of nitrogens with zero attached hydrogens (tertiary/aromatic N) is 4. The summed E-state index contributed by atoms with van der Waals surface area (Å²) < 4.78 is 40.2. The van der Waals surface area contributed by atoms with Gasteiger partial charge in [-0.25, -0.2) is 4.98 Å². The number of fused-ring (bicyclic) bond motifs is 1. The van der Waals surface area contributed by atoms with Crippen LogP contribution in [0.2, 0.25) is 0 Å². The number of aliphatic imine (C=N–C) groups is 1. The Morgan fingerprint density at radius 3 is 2.84 bits per heavy atom. The van der Waals surface area contributed by atoms with Gasteiger partial charge in [-0.1, -0.05) is 0 Å². The molecule has 0 saturated carbocycles. The molecule has 2 aliphatic rings. The summed E-state index contributed by atoms with van der Waals surface area (Å²) in [5.41, 5.74) is 2.14. The minimum atomic E-state index is -3.90. The number of aliphatic hydroxyl groups is 1. The molecule has 0 bridgehead atoms. The van der Waals surface area contributed by atoms with E-state index in [-0.39, 0.29) is 23.1 Å². The lowest BCUT2D eigenvalue weighted by molar-refractivity contribution is 0.146. The molecule has 4 rings (SSSR count). The van der Waals surface area contributed by atoms with Crippen LogP contribution in [0.1, 0.15) is 5.56 Å². The molecule has 10 nitrogen and oxygen atoms in total. The summed E-state index contributed by atoms with van der Waals surface area (Å²) in [5, 5.41) is 13.8. The number of anilines is 2. The van der Waals surface area contributed by atoms with Crippen molar-refractivity contribution in [3.05, 3.63) is 30.1 Å². The summed E-state index contributed by atoms with van der Waals surface area (Å²) in [7, 11) is 0.854. The van der Waals surface area contributed by atoms with Gasteiger partial charge >= 0.3 is 0 Å². The van der Waals surface area contributed by atoms with E-state index >= 15 is 0 Å². The number of aromatic nitrogens is 2. The second-order valence-electron chi connectivity index (χ2n) is 7.61. The third-order valence-electron chi connectivity index (χ3n) is 5.42. The van der Waals surface area contributed by atoms with Gasteiger partial charge in [-0.05, 0) is 11.6 Å². The smallest absolute Gasteiger partial charge is 0.298 e. The van der Waals surface area contributed by atoms with E-state index in [9.17, 15) is 13.5 Å². The van der Waals surface area contributed by atoms with Crippen molar-refractivity contribution in [1.82, 2.24) is 9.55 Å². The van der Waals surface area contributed by atoms with Crippen LogP contribution in [-0.2, 0) is 28.2 Å². The van der Waals surface area contributed by atoms with Crippen LogP contribution >= 0.6 is 11.8 Å². The lowest BCUT2D eigenvalue weighted by atomic mass is 10.1. The number of hydrogen-bond acceptors (Lipinski definition) is 9. The van der Waals surface area contributed by atoms with E-state index in [0.29, 0.717) is 37.6 Å². The van der Waals surface area contributed by atoms with Gasteiger partial charge in [-0.3, -0.25) is 9.30 Å². The molecule has 12 heteroatoms. The minimum absolute atomic E-state index is 0.0458. The summed E-state index contributed by atoms with van der Waals surface area (Å²) in [4.78, 5) is 8.60. The van der Waals surface area contributed by atoms with Crippen molar-refractivity contribution in [1.29, 1.82) is 0 Å². The van der Waals surface area contributed by atoms with Gasteiger partial charge in [-0.2, -0.15) is 8.42 Å². The zero-order valence-corrected chi connectivity index (χ0v) is 19.8. The second-order valence-corrected chi connectivity index (χ2v) is 10.8. The van der Waals surface area contributed by atoms with Crippen molar-refractivity contribution in [2.24, 2.45) is 12.0 Å². The quantitative estimate of drug-likeness (QED) is 0.512. The van der Waals surface area contributed by atoms with Crippen molar-refractivity contribution in [2.45, 2.75) is 22.9 Å². The van der Waals surface area contributed by atoms with Crippen LogP contribution < -0.4 is 14.4 Å². The lowest BCUT2D eigenvalue weighted by Crippen LogP contribution is -2.30. The minimum Gasteiger partial charge on any atom is -0.491 e. The first-order valence-electron chi connectivity index (χ1n) is 10.2. The number of methoxy groups -OCH3 is 1. The average Bonchev–Trinajstić information content (AvgIpc) is 3.51. The van der Waals surface area contributed by atoms with Gasteiger partial charge in [0.15, 0.2) is 0 Å². The topological polar surface area (TPSA) is 118 Å². The molecule has 0 aliphatic carbocycles. The standard InChI is InChI=1S/C20H27N5O5S2/c1-24-5-4-21-20(24)32(27,28)25(2)17-10-14(30-7-6-29-3)8-13-9-16(23-18(13)17)19-22-11-15(12-26)31-19/h4-5,8,10,15-16,23,26H,6-7,9,11-12H2,1-3H3. The molecule has 0 fully saturated rings. The molecule has 0 radical (unpaired) electrons. The van der Waals surface area contributed by atoms with Crippen LogP contribution in [0.5, 0.6) is 5.75 Å². The summed E-state index contributed by atoms with van der Waals surface area (Å²) in [6.45, 7) is 1.42. The third kappa shape index (κ3) is 4.32. The van der Waals surface area contributed by atoms with E-state index in [2.05, 4.69) is 15.3 Å². The Kier molecular flexibility index (Phi) is 6.65. The number of nitrogens with one attached hydrogen (secondary N) is 1. The van der Waals surface area contributed by atoms with Crippen LogP contribution in [0.15, 0.2) is 34.7 Å². The molecule has 2 unspecified atom stereocenters. The first kappa shape index (κ1) is 22.9. The Morgan fingerprint density at radius 2 is 2.19 bits per heavy atom. The van der Waals surface area contributed by atoms with Gasteiger partial charge in [0.1, 0.15) is 12.4 Å². The maximum Gasteiger partial charge on any atom is 0.298 e. The summed E-state index contributed by atoms with van der Waals surface area (Å²) in [6.07, 6.45) is 3.69. The van der Waals surface area contributed by atoms with E-state index in [1.165, 1.54) is 22.1 Å². The second kappa shape index (κ2) is 9.30. The zero-order chi connectivity index (χ0) is 22.9. The molecule has 0 saturated heterocycles. The largest absolute Gasteiger partial charge is 0.491 e. The fourth-order valence-corrected chi connectivity index (χ4v) is 6.02.